The van der Waals surface area contributed by atoms with Crippen molar-refractivity contribution in [3.05, 3.63) is 35.9 Å². The number of aryl methyl sites for hydroxylation is 1. The van der Waals surface area contributed by atoms with Crippen molar-refractivity contribution in [1.82, 2.24) is 0 Å². The maximum atomic E-state index is 6.03. The fourth-order valence-corrected chi connectivity index (χ4v) is 1.77. The quantitative estimate of drug-likeness (QED) is 0.757. The lowest BCUT2D eigenvalue weighted by atomic mass is 10.0. The molecule has 2 N–H and O–H groups in total. The van der Waals surface area contributed by atoms with E-state index in [2.05, 4.69) is 0 Å². The summed E-state index contributed by atoms with van der Waals surface area (Å²) >= 11 is 0. The summed E-state index contributed by atoms with van der Waals surface area (Å²) < 4.78 is 5.60. The van der Waals surface area contributed by atoms with Crippen molar-refractivity contribution >= 4 is 16.5 Å². The highest BCUT2D eigenvalue weighted by Gasteiger charge is 2.06. The Balaban J connectivity index is 2.76. The highest BCUT2D eigenvalue weighted by Crippen LogP contribution is 2.32. The van der Waals surface area contributed by atoms with Gasteiger partial charge in [-0.3, -0.25) is 0 Å². The second-order valence-electron chi connectivity index (χ2n) is 3.58. The van der Waals surface area contributed by atoms with Gasteiger partial charge in [0.05, 0.1) is 6.61 Å². The van der Waals surface area contributed by atoms with Crippen LogP contribution < -0.4 is 10.5 Å². The molecule has 0 spiro atoms. The minimum Gasteiger partial charge on any atom is -0.493 e. The van der Waals surface area contributed by atoms with E-state index in [9.17, 15) is 0 Å². The zero-order valence-electron chi connectivity index (χ0n) is 9.08. The van der Waals surface area contributed by atoms with Crippen LogP contribution in [0.25, 0.3) is 10.8 Å². The fourth-order valence-electron chi connectivity index (χ4n) is 1.77. The molecule has 2 rings (SSSR count). The van der Waals surface area contributed by atoms with Gasteiger partial charge in [0, 0.05) is 16.5 Å². The molecule has 0 aliphatic carbocycles. The first-order valence-electron chi connectivity index (χ1n) is 5.14. The first kappa shape index (κ1) is 9.84. The summed E-state index contributed by atoms with van der Waals surface area (Å²) in [6, 6.07) is 10.1. The molecule has 2 aromatic rings. The second kappa shape index (κ2) is 3.81. The number of benzene rings is 2. The first-order valence-corrected chi connectivity index (χ1v) is 5.14. The molecule has 2 aromatic carbocycles. The summed E-state index contributed by atoms with van der Waals surface area (Å²) in [4.78, 5) is 0. The van der Waals surface area contributed by atoms with Gasteiger partial charge in [-0.1, -0.05) is 24.3 Å². The van der Waals surface area contributed by atoms with E-state index in [1.54, 1.807) is 0 Å². The number of nitrogens with two attached hydrogens (primary N) is 1. The molecule has 15 heavy (non-hydrogen) atoms. The summed E-state index contributed by atoms with van der Waals surface area (Å²) in [5.74, 6) is 0.916. The van der Waals surface area contributed by atoms with E-state index >= 15 is 0 Å². The maximum Gasteiger partial charge on any atom is 0.127 e. The minimum atomic E-state index is 0.674. The first-order chi connectivity index (χ1) is 7.24. The highest BCUT2D eigenvalue weighted by atomic mass is 16.5. The van der Waals surface area contributed by atoms with Gasteiger partial charge in [0.1, 0.15) is 5.75 Å². The van der Waals surface area contributed by atoms with E-state index in [-0.39, 0.29) is 0 Å². The Bertz CT molecular complexity index is 491. The van der Waals surface area contributed by atoms with Gasteiger partial charge in [0.15, 0.2) is 0 Å². The summed E-state index contributed by atoms with van der Waals surface area (Å²) in [6.45, 7) is 4.66. The summed E-state index contributed by atoms with van der Waals surface area (Å²) in [5, 5.41) is 2.16. The van der Waals surface area contributed by atoms with Gasteiger partial charge in [0.25, 0.3) is 0 Å². The fraction of sp³-hybridized carbons (Fsp3) is 0.231. The topological polar surface area (TPSA) is 35.2 Å². The molecule has 0 aliphatic rings. The van der Waals surface area contributed by atoms with Crippen LogP contribution in [0.15, 0.2) is 30.3 Å². The molecule has 0 saturated heterocycles. The molecule has 0 fully saturated rings. The van der Waals surface area contributed by atoms with Crippen molar-refractivity contribution in [3.63, 3.8) is 0 Å². The van der Waals surface area contributed by atoms with Crippen LogP contribution in [0.2, 0.25) is 0 Å². The molecule has 0 radical (unpaired) electrons. The predicted octanol–water partition coefficient (Wildman–Crippen LogP) is 3.13. The van der Waals surface area contributed by atoms with Crippen LogP contribution >= 0.6 is 0 Å². The molecule has 0 heterocycles. The smallest absolute Gasteiger partial charge is 0.127 e. The molecule has 0 unspecified atom stereocenters. The molecule has 78 valence electrons. The molecule has 0 aromatic heterocycles. The third kappa shape index (κ3) is 1.63. The van der Waals surface area contributed by atoms with Crippen LogP contribution in [-0.2, 0) is 0 Å². The lowest BCUT2D eigenvalue weighted by molar-refractivity contribution is 0.344. The van der Waals surface area contributed by atoms with Gasteiger partial charge in [-0.15, -0.1) is 0 Å². The van der Waals surface area contributed by atoms with Crippen molar-refractivity contribution in [3.8, 4) is 5.75 Å². The summed E-state index contributed by atoms with van der Waals surface area (Å²) in [5.41, 5.74) is 7.94. The van der Waals surface area contributed by atoms with Crippen LogP contribution in [0.3, 0.4) is 0 Å². The zero-order chi connectivity index (χ0) is 10.8. The third-order valence-electron chi connectivity index (χ3n) is 2.55. The zero-order valence-corrected chi connectivity index (χ0v) is 9.08. The number of anilines is 1. The van der Waals surface area contributed by atoms with Crippen molar-refractivity contribution in [2.75, 3.05) is 12.3 Å². The van der Waals surface area contributed by atoms with Gasteiger partial charge in [-0.25, -0.2) is 0 Å². The van der Waals surface area contributed by atoms with Gasteiger partial charge in [-0.2, -0.15) is 0 Å². The van der Waals surface area contributed by atoms with Gasteiger partial charge in [0.2, 0.25) is 0 Å². The lowest BCUT2D eigenvalue weighted by Gasteiger charge is -2.11. The Morgan fingerprint density at radius 1 is 1.20 bits per heavy atom. The molecular weight excluding hydrogens is 186 g/mol. The lowest BCUT2D eigenvalue weighted by Crippen LogP contribution is -1.97. The Hall–Kier alpha value is -1.70. The molecule has 0 bridgehead atoms. The average Bonchev–Trinajstić information content (AvgIpc) is 2.26. The van der Waals surface area contributed by atoms with E-state index < -0.39 is 0 Å². The second-order valence-corrected chi connectivity index (χ2v) is 3.58. The van der Waals surface area contributed by atoms with Crippen LogP contribution in [0.4, 0.5) is 5.69 Å². The number of hydrogen-bond acceptors (Lipinski definition) is 2. The molecule has 2 heteroatoms. The molecule has 0 aliphatic heterocycles. The van der Waals surface area contributed by atoms with Crippen molar-refractivity contribution in [1.29, 1.82) is 0 Å². The normalized spacial score (nSPS) is 10.5. The SMILES string of the molecule is CCOc1cc(C)c(N)c2ccccc12. The van der Waals surface area contributed by atoms with Crippen molar-refractivity contribution < 1.29 is 4.74 Å². The van der Waals surface area contributed by atoms with Crippen molar-refractivity contribution in [2.24, 2.45) is 0 Å². The molecule has 0 atom stereocenters. The summed E-state index contributed by atoms with van der Waals surface area (Å²) in [7, 11) is 0. The van der Waals surface area contributed by atoms with Gasteiger partial charge >= 0.3 is 0 Å². The minimum absolute atomic E-state index is 0.674. The van der Waals surface area contributed by atoms with Crippen LogP contribution in [-0.4, -0.2) is 6.61 Å². The molecule has 0 saturated carbocycles. The monoisotopic (exact) mass is 201 g/mol. The van der Waals surface area contributed by atoms with Crippen LogP contribution in [0.1, 0.15) is 12.5 Å². The predicted molar refractivity (Wildman–Crippen MR) is 64.3 cm³/mol. The maximum absolute atomic E-state index is 6.03. The standard InChI is InChI=1S/C13H15NO/c1-3-15-12-8-9(2)13(14)11-7-5-4-6-10(11)12/h4-8H,3,14H2,1-2H3. The number of hydrogen-bond donors (Lipinski definition) is 1. The third-order valence-corrected chi connectivity index (χ3v) is 2.55. The number of ether oxygens (including phenoxy) is 1. The molecular formula is C13H15NO. The Kier molecular flexibility index (Phi) is 2.50. The van der Waals surface area contributed by atoms with Gasteiger partial charge < -0.3 is 10.5 Å². The largest absolute Gasteiger partial charge is 0.493 e. The van der Waals surface area contributed by atoms with Crippen LogP contribution in [0.5, 0.6) is 5.75 Å². The Labute approximate surface area is 89.7 Å². The average molecular weight is 201 g/mol. The number of fused-ring (bicyclic) bond motifs is 1. The van der Waals surface area contributed by atoms with E-state index in [1.807, 2.05) is 44.2 Å². The van der Waals surface area contributed by atoms with E-state index in [0.717, 1.165) is 27.8 Å². The molecule has 2 nitrogen and oxygen atoms in total. The highest BCUT2D eigenvalue weighted by molar-refractivity contribution is 5.98. The Morgan fingerprint density at radius 3 is 2.53 bits per heavy atom. The van der Waals surface area contributed by atoms with Gasteiger partial charge in [-0.05, 0) is 25.5 Å². The molecule has 0 amide bonds. The van der Waals surface area contributed by atoms with Crippen molar-refractivity contribution in [2.45, 2.75) is 13.8 Å². The van der Waals surface area contributed by atoms with Crippen LogP contribution in [0, 0.1) is 6.92 Å². The Morgan fingerprint density at radius 2 is 1.87 bits per heavy atom. The van der Waals surface area contributed by atoms with E-state index in [0.29, 0.717) is 6.61 Å². The number of nitrogen functional groups attached to an aromatic ring is 1. The summed E-state index contributed by atoms with van der Waals surface area (Å²) in [6.07, 6.45) is 0. The van der Waals surface area contributed by atoms with E-state index in [1.165, 1.54) is 0 Å². The van der Waals surface area contributed by atoms with E-state index in [4.69, 9.17) is 10.5 Å². The number of rotatable bonds is 2.